The van der Waals surface area contributed by atoms with Gasteiger partial charge in [-0.25, -0.2) is 4.98 Å². The van der Waals surface area contributed by atoms with Crippen molar-refractivity contribution < 1.29 is 22.7 Å². The topological polar surface area (TPSA) is 73.1 Å². The van der Waals surface area contributed by atoms with Gasteiger partial charge in [-0.15, -0.1) is 0 Å². The molecule has 1 amide bonds. The zero-order valence-corrected chi connectivity index (χ0v) is 19.5. The second-order valence-electron chi connectivity index (χ2n) is 8.30. The quantitative estimate of drug-likeness (QED) is 0.358. The molecule has 0 N–H and O–H groups in total. The van der Waals surface area contributed by atoms with Crippen molar-refractivity contribution in [2.75, 3.05) is 4.90 Å². The summed E-state index contributed by atoms with van der Waals surface area (Å²) in [6.07, 6.45) is -1.97. The monoisotopic (exact) mass is 501 g/mol. The van der Waals surface area contributed by atoms with E-state index in [9.17, 15) is 18.0 Å². The van der Waals surface area contributed by atoms with Crippen molar-refractivity contribution in [3.05, 3.63) is 81.5 Å². The summed E-state index contributed by atoms with van der Waals surface area (Å²) in [5, 5.41) is 5.62. The van der Waals surface area contributed by atoms with E-state index in [0.29, 0.717) is 35.3 Å². The van der Waals surface area contributed by atoms with Crippen LogP contribution in [0.1, 0.15) is 38.4 Å². The molecule has 1 aliphatic heterocycles. The molecule has 5 rings (SSSR count). The van der Waals surface area contributed by atoms with Crippen molar-refractivity contribution in [1.29, 1.82) is 0 Å². The molecule has 0 unspecified atom stereocenters. The van der Waals surface area contributed by atoms with Gasteiger partial charge in [0, 0.05) is 30.4 Å². The minimum Gasteiger partial charge on any atom is -0.372 e. The fourth-order valence-corrected chi connectivity index (χ4v) is 4.45. The van der Waals surface area contributed by atoms with Crippen LogP contribution in [0.5, 0.6) is 0 Å². The average Bonchev–Trinajstić information content (AvgIpc) is 3.43. The van der Waals surface area contributed by atoms with E-state index in [4.69, 9.17) is 16.3 Å². The Morgan fingerprint density at radius 3 is 2.63 bits per heavy atom. The van der Waals surface area contributed by atoms with Gasteiger partial charge < -0.3 is 9.64 Å². The van der Waals surface area contributed by atoms with Crippen LogP contribution >= 0.6 is 11.6 Å². The van der Waals surface area contributed by atoms with E-state index in [0.717, 1.165) is 40.4 Å². The highest BCUT2D eigenvalue weighted by atomic mass is 35.5. The predicted octanol–water partition coefficient (Wildman–Crippen LogP) is 5.22. The number of aromatic nitrogens is 4. The Labute approximate surface area is 203 Å². The number of anilines is 1. The fourth-order valence-electron chi connectivity index (χ4n) is 4.20. The molecule has 3 aromatic heterocycles. The zero-order valence-electron chi connectivity index (χ0n) is 18.7. The second kappa shape index (κ2) is 8.62. The van der Waals surface area contributed by atoms with Gasteiger partial charge in [0.15, 0.2) is 0 Å². The third-order valence-corrected chi connectivity index (χ3v) is 6.19. The molecule has 0 radical (unpaired) electrons. The van der Waals surface area contributed by atoms with Gasteiger partial charge >= 0.3 is 6.18 Å². The van der Waals surface area contributed by atoms with E-state index in [1.807, 2.05) is 18.2 Å². The van der Waals surface area contributed by atoms with Gasteiger partial charge in [-0.05, 0) is 36.2 Å². The van der Waals surface area contributed by atoms with E-state index in [1.165, 1.54) is 4.90 Å². The Morgan fingerprint density at radius 2 is 1.97 bits per heavy atom. The van der Waals surface area contributed by atoms with E-state index >= 15 is 0 Å². The summed E-state index contributed by atoms with van der Waals surface area (Å²) in [6, 6.07) is 7.57. The minimum absolute atomic E-state index is 0.0261. The zero-order chi connectivity index (χ0) is 24.9. The summed E-state index contributed by atoms with van der Waals surface area (Å²) in [6.45, 7) is 2.76. The standard InChI is InChI=1S/C24H19ClF3N5O2/c1-13-20(10-32(2)31-13)33(23(34)15-4-6-21(29-8-15)24(26,27)28)9-14-3-5-16-17-11-35-12-18(17)22(25)30-19(16)7-14/h3-8,10H,9,11-12H2,1-2H3. The van der Waals surface area contributed by atoms with Crippen molar-refractivity contribution >= 4 is 34.1 Å². The third-order valence-electron chi connectivity index (χ3n) is 5.88. The predicted molar refractivity (Wildman–Crippen MR) is 123 cm³/mol. The normalized spacial score (nSPS) is 13.3. The molecule has 0 spiro atoms. The number of fused-ring (bicyclic) bond motifs is 3. The third kappa shape index (κ3) is 4.35. The lowest BCUT2D eigenvalue weighted by Gasteiger charge is -2.23. The highest BCUT2D eigenvalue weighted by Crippen LogP contribution is 2.33. The fraction of sp³-hybridized carbons (Fsp3) is 0.250. The number of nitrogens with zero attached hydrogens (tertiary/aromatic N) is 5. The van der Waals surface area contributed by atoms with Gasteiger partial charge in [0.1, 0.15) is 10.8 Å². The smallest absolute Gasteiger partial charge is 0.372 e. The van der Waals surface area contributed by atoms with E-state index < -0.39 is 17.8 Å². The number of pyridine rings is 2. The van der Waals surface area contributed by atoms with E-state index in [-0.39, 0.29) is 12.1 Å². The van der Waals surface area contributed by atoms with Crippen LogP contribution in [0.25, 0.3) is 10.9 Å². The Morgan fingerprint density at radius 1 is 1.20 bits per heavy atom. The first-order valence-electron chi connectivity index (χ1n) is 10.6. The van der Waals surface area contributed by atoms with Gasteiger partial charge in [0.05, 0.1) is 42.2 Å². The molecule has 0 saturated carbocycles. The van der Waals surface area contributed by atoms with E-state index in [1.54, 1.807) is 24.9 Å². The highest BCUT2D eigenvalue weighted by Gasteiger charge is 2.33. The van der Waals surface area contributed by atoms with Crippen molar-refractivity contribution in [3.8, 4) is 0 Å². The lowest BCUT2D eigenvalue weighted by atomic mass is 10.0. The Hall–Kier alpha value is -3.50. The van der Waals surface area contributed by atoms with Crippen molar-refractivity contribution in [2.24, 2.45) is 7.05 Å². The molecule has 0 atom stereocenters. The van der Waals surface area contributed by atoms with Gasteiger partial charge in [-0.2, -0.15) is 18.3 Å². The van der Waals surface area contributed by atoms with Crippen LogP contribution in [0.15, 0.2) is 42.7 Å². The summed E-state index contributed by atoms with van der Waals surface area (Å²) in [4.78, 5) is 22.9. The lowest BCUT2D eigenvalue weighted by Crippen LogP contribution is -2.31. The number of carbonyl (C=O) groups excluding carboxylic acids is 1. The van der Waals surface area contributed by atoms with Crippen LogP contribution in [0.3, 0.4) is 0 Å². The molecule has 11 heteroatoms. The summed E-state index contributed by atoms with van der Waals surface area (Å²) in [7, 11) is 1.73. The van der Waals surface area contributed by atoms with Gasteiger partial charge in [-0.1, -0.05) is 23.7 Å². The molecule has 0 saturated heterocycles. The summed E-state index contributed by atoms with van der Waals surface area (Å²) >= 11 is 6.35. The molecule has 4 heterocycles. The molecule has 1 aliphatic rings. The van der Waals surface area contributed by atoms with Crippen molar-refractivity contribution in [3.63, 3.8) is 0 Å². The maximum atomic E-state index is 13.5. The molecule has 0 aliphatic carbocycles. The minimum atomic E-state index is -4.59. The molecule has 0 bridgehead atoms. The average molecular weight is 502 g/mol. The van der Waals surface area contributed by atoms with Gasteiger partial charge in [0.25, 0.3) is 5.91 Å². The Kier molecular flexibility index (Phi) is 5.72. The van der Waals surface area contributed by atoms with Crippen LogP contribution in [0.2, 0.25) is 5.15 Å². The molecule has 7 nitrogen and oxygen atoms in total. The van der Waals surface area contributed by atoms with Crippen LogP contribution in [0.4, 0.5) is 18.9 Å². The maximum absolute atomic E-state index is 13.5. The molecule has 0 fully saturated rings. The number of alkyl halides is 3. The molecule has 1 aromatic carbocycles. The number of halogens is 4. The Bertz CT molecular complexity index is 1450. The number of rotatable bonds is 4. The molecule has 180 valence electrons. The Balaban J connectivity index is 1.53. The summed E-state index contributed by atoms with van der Waals surface area (Å²) in [5.74, 6) is -0.504. The lowest BCUT2D eigenvalue weighted by molar-refractivity contribution is -0.141. The van der Waals surface area contributed by atoms with Crippen LogP contribution in [-0.4, -0.2) is 25.7 Å². The van der Waals surface area contributed by atoms with Crippen molar-refractivity contribution in [2.45, 2.75) is 32.9 Å². The SMILES string of the molecule is Cc1nn(C)cc1N(Cc1ccc2c3c(c(Cl)nc2c1)COC3)C(=O)c1ccc(C(F)(F)F)nc1. The van der Waals surface area contributed by atoms with Crippen LogP contribution < -0.4 is 4.90 Å². The first-order chi connectivity index (χ1) is 16.6. The number of hydrogen-bond acceptors (Lipinski definition) is 5. The number of aryl methyl sites for hydroxylation is 2. The number of ether oxygens (including phenoxy) is 1. The van der Waals surface area contributed by atoms with Gasteiger partial charge in [-0.3, -0.25) is 14.5 Å². The second-order valence-corrected chi connectivity index (χ2v) is 8.66. The summed E-state index contributed by atoms with van der Waals surface area (Å²) in [5.41, 5.74) is 3.40. The van der Waals surface area contributed by atoms with Crippen LogP contribution in [-0.2, 0) is 37.7 Å². The number of carbonyl (C=O) groups is 1. The van der Waals surface area contributed by atoms with E-state index in [2.05, 4.69) is 15.1 Å². The largest absolute Gasteiger partial charge is 0.433 e. The highest BCUT2D eigenvalue weighted by molar-refractivity contribution is 6.30. The molecule has 35 heavy (non-hydrogen) atoms. The number of amides is 1. The molecular formula is C24H19ClF3N5O2. The van der Waals surface area contributed by atoms with Crippen LogP contribution in [0, 0.1) is 6.92 Å². The van der Waals surface area contributed by atoms with Gasteiger partial charge in [0.2, 0.25) is 0 Å². The maximum Gasteiger partial charge on any atom is 0.433 e. The number of benzene rings is 1. The summed E-state index contributed by atoms with van der Waals surface area (Å²) < 4.78 is 45.9. The molecular weight excluding hydrogens is 483 g/mol. The first-order valence-corrected chi connectivity index (χ1v) is 11.0. The number of hydrogen-bond donors (Lipinski definition) is 0. The molecule has 4 aromatic rings. The first kappa shape index (κ1) is 23.3. The van der Waals surface area contributed by atoms with Crippen molar-refractivity contribution in [1.82, 2.24) is 19.7 Å².